The predicted octanol–water partition coefficient (Wildman–Crippen LogP) is 4.19. The van der Waals surface area contributed by atoms with Crippen LogP contribution in [0.4, 0.5) is 10.1 Å². The molecule has 0 bridgehead atoms. The minimum Gasteiger partial charge on any atom is -0.477 e. The van der Waals surface area contributed by atoms with Gasteiger partial charge in [-0.1, -0.05) is 24.3 Å². The summed E-state index contributed by atoms with van der Waals surface area (Å²) in [6, 6.07) is 7.94. The molecule has 23 heavy (non-hydrogen) atoms. The predicted molar refractivity (Wildman–Crippen MR) is 91.1 cm³/mol. The molecule has 116 valence electrons. The van der Waals surface area contributed by atoms with Gasteiger partial charge in [0.05, 0.1) is 5.69 Å². The number of benzene rings is 1. The van der Waals surface area contributed by atoms with Gasteiger partial charge in [0.2, 0.25) is 0 Å². The van der Waals surface area contributed by atoms with Crippen molar-refractivity contribution in [3.8, 4) is 0 Å². The van der Waals surface area contributed by atoms with E-state index in [4.69, 9.17) is 5.73 Å². The van der Waals surface area contributed by atoms with E-state index in [-0.39, 0.29) is 16.4 Å². The Kier molecular flexibility index (Phi) is 3.83. The molecule has 3 rings (SSSR count). The summed E-state index contributed by atoms with van der Waals surface area (Å²) in [5.74, 6) is -1.35. The lowest BCUT2D eigenvalue weighted by Crippen LogP contribution is -1.97. The molecule has 0 atom stereocenters. The van der Waals surface area contributed by atoms with E-state index >= 15 is 0 Å². The first kappa shape index (κ1) is 15.2. The largest absolute Gasteiger partial charge is 0.477 e. The number of rotatable bonds is 3. The average molecular weight is 328 g/mol. The van der Waals surface area contributed by atoms with Crippen molar-refractivity contribution in [3.05, 3.63) is 57.8 Å². The van der Waals surface area contributed by atoms with Crippen molar-refractivity contribution in [2.75, 3.05) is 5.73 Å². The molecule has 0 aliphatic rings. The van der Waals surface area contributed by atoms with E-state index in [1.54, 1.807) is 12.1 Å². The van der Waals surface area contributed by atoms with Crippen LogP contribution in [-0.2, 0) is 0 Å². The molecule has 3 aromatic rings. The maximum Gasteiger partial charge on any atom is 0.348 e. The van der Waals surface area contributed by atoms with Gasteiger partial charge in [-0.3, -0.25) is 0 Å². The highest BCUT2D eigenvalue weighted by molar-refractivity contribution is 7.21. The molecule has 0 amide bonds. The zero-order chi connectivity index (χ0) is 16.6. The van der Waals surface area contributed by atoms with Crippen molar-refractivity contribution >= 4 is 45.4 Å². The first-order chi connectivity index (χ1) is 11.0. The number of thiophene rings is 1. The zero-order valence-corrected chi connectivity index (χ0v) is 13.0. The van der Waals surface area contributed by atoms with Gasteiger partial charge < -0.3 is 10.8 Å². The van der Waals surface area contributed by atoms with Gasteiger partial charge in [0.1, 0.15) is 15.5 Å². The summed E-state index contributed by atoms with van der Waals surface area (Å²) in [7, 11) is 0. The smallest absolute Gasteiger partial charge is 0.348 e. The van der Waals surface area contributed by atoms with Gasteiger partial charge in [0.15, 0.2) is 0 Å². The van der Waals surface area contributed by atoms with Crippen LogP contribution in [0.2, 0.25) is 0 Å². The summed E-state index contributed by atoms with van der Waals surface area (Å²) < 4.78 is 12.9. The number of nitrogen functional groups attached to an aromatic ring is 1. The molecule has 4 nitrogen and oxygen atoms in total. The van der Waals surface area contributed by atoms with Crippen molar-refractivity contribution in [2.24, 2.45) is 0 Å². The number of nitrogens with zero attached hydrogens (tertiary/aromatic N) is 1. The highest BCUT2D eigenvalue weighted by Crippen LogP contribution is 2.36. The lowest BCUT2D eigenvalue weighted by molar-refractivity contribution is 0.0703. The SMILES string of the molecule is Cc1cc(/C=C/c2ccc(F)cc2)c2c(N)c(C(=O)O)sc2n1. The van der Waals surface area contributed by atoms with Crippen LogP contribution >= 0.6 is 11.3 Å². The number of nitrogens with two attached hydrogens (primary N) is 1. The second-order valence-corrected chi connectivity index (χ2v) is 6.07. The molecule has 0 aliphatic heterocycles. The standard InChI is InChI=1S/C17H13FN2O2S/c1-9-8-11(5-2-10-3-6-12(18)7-4-10)13-14(19)15(17(21)22)23-16(13)20-9/h2-8H,19H2,1H3,(H,21,22)/b5-2+. The number of carboxylic acids is 1. The lowest BCUT2D eigenvalue weighted by Gasteiger charge is -2.01. The Labute approximate surface area is 135 Å². The van der Waals surface area contributed by atoms with Crippen LogP contribution < -0.4 is 5.73 Å². The molecular formula is C17H13FN2O2S. The number of aryl methyl sites for hydroxylation is 1. The number of carboxylic acid groups (broad SMARTS) is 1. The van der Waals surface area contributed by atoms with Crippen molar-refractivity contribution in [1.82, 2.24) is 4.98 Å². The topological polar surface area (TPSA) is 76.2 Å². The number of halogens is 1. The summed E-state index contributed by atoms with van der Waals surface area (Å²) in [6.07, 6.45) is 3.66. The molecule has 0 saturated heterocycles. The number of pyridine rings is 1. The molecular weight excluding hydrogens is 315 g/mol. The van der Waals surface area contributed by atoms with Crippen LogP contribution in [0.1, 0.15) is 26.5 Å². The molecule has 2 aromatic heterocycles. The Hall–Kier alpha value is -2.73. The minimum absolute atomic E-state index is 0.0922. The number of fused-ring (bicyclic) bond motifs is 1. The highest BCUT2D eigenvalue weighted by Gasteiger charge is 2.18. The molecule has 0 saturated carbocycles. The van der Waals surface area contributed by atoms with Crippen molar-refractivity contribution in [1.29, 1.82) is 0 Å². The van der Waals surface area contributed by atoms with Crippen molar-refractivity contribution < 1.29 is 14.3 Å². The van der Waals surface area contributed by atoms with E-state index in [1.807, 2.05) is 25.1 Å². The summed E-state index contributed by atoms with van der Waals surface area (Å²) in [5, 5.41) is 9.85. The summed E-state index contributed by atoms with van der Waals surface area (Å²) in [4.78, 5) is 16.3. The van der Waals surface area contributed by atoms with Crippen LogP contribution in [0.15, 0.2) is 30.3 Å². The number of hydrogen-bond acceptors (Lipinski definition) is 4. The molecule has 0 radical (unpaired) electrons. The Morgan fingerprint density at radius 1 is 1.30 bits per heavy atom. The van der Waals surface area contributed by atoms with Crippen LogP contribution in [0, 0.1) is 12.7 Å². The molecule has 6 heteroatoms. The number of carbonyl (C=O) groups is 1. The fourth-order valence-corrected chi connectivity index (χ4v) is 3.34. The lowest BCUT2D eigenvalue weighted by atomic mass is 10.1. The third-order valence-electron chi connectivity index (χ3n) is 3.38. The quantitative estimate of drug-likeness (QED) is 0.755. The molecule has 1 aromatic carbocycles. The monoisotopic (exact) mass is 328 g/mol. The van der Waals surface area contributed by atoms with Crippen LogP contribution in [0.3, 0.4) is 0 Å². The Bertz CT molecular complexity index is 930. The van der Waals surface area contributed by atoms with Gasteiger partial charge >= 0.3 is 5.97 Å². The maximum absolute atomic E-state index is 12.9. The number of hydrogen-bond donors (Lipinski definition) is 2. The molecule has 2 heterocycles. The van der Waals surface area contributed by atoms with E-state index in [2.05, 4.69) is 4.98 Å². The minimum atomic E-state index is -1.06. The van der Waals surface area contributed by atoms with Gasteiger partial charge in [0, 0.05) is 11.1 Å². The third-order valence-corrected chi connectivity index (χ3v) is 4.46. The molecule has 0 unspecified atom stereocenters. The number of aromatic nitrogens is 1. The number of aromatic carboxylic acids is 1. The molecule has 0 spiro atoms. The number of anilines is 1. The van der Waals surface area contributed by atoms with Crippen LogP contribution in [0.5, 0.6) is 0 Å². The second-order valence-electron chi connectivity index (χ2n) is 5.07. The normalized spacial score (nSPS) is 11.4. The fourth-order valence-electron chi connectivity index (χ4n) is 2.33. The van der Waals surface area contributed by atoms with Gasteiger partial charge in [-0.15, -0.1) is 11.3 Å². The van der Waals surface area contributed by atoms with Gasteiger partial charge in [-0.25, -0.2) is 14.2 Å². The van der Waals surface area contributed by atoms with E-state index in [0.29, 0.717) is 10.2 Å². The Morgan fingerprint density at radius 3 is 2.65 bits per heavy atom. The van der Waals surface area contributed by atoms with Crippen LogP contribution in [0.25, 0.3) is 22.4 Å². The van der Waals surface area contributed by atoms with E-state index in [1.165, 1.54) is 12.1 Å². The fraction of sp³-hybridized carbons (Fsp3) is 0.0588. The summed E-state index contributed by atoms with van der Waals surface area (Å²) in [5.41, 5.74) is 8.61. The van der Waals surface area contributed by atoms with Gasteiger partial charge in [0.25, 0.3) is 0 Å². The molecule has 0 aliphatic carbocycles. The Morgan fingerprint density at radius 2 is 2.00 bits per heavy atom. The molecule has 0 fully saturated rings. The summed E-state index contributed by atoms with van der Waals surface area (Å²) in [6.45, 7) is 1.84. The van der Waals surface area contributed by atoms with Crippen LogP contribution in [-0.4, -0.2) is 16.1 Å². The van der Waals surface area contributed by atoms with E-state index in [9.17, 15) is 14.3 Å². The van der Waals surface area contributed by atoms with E-state index < -0.39 is 5.97 Å². The van der Waals surface area contributed by atoms with Crippen molar-refractivity contribution in [3.63, 3.8) is 0 Å². The van der Waals surface area contributed by atoms with Gasteiger partial charge in [-0.2, -0.15) is 0 Å². The third kappa shape index (κ3) is 2.93. The first-order valence-electron chi connectivity index (χ1n) is 6.82. The summed E-state index contributed by atoms with van der Waals surface area (Å²) >= 11 is 1.06. The highest BCUT2D eigenvalue weighted by atomic mass is 32.1. The Balaban J connectivity index is 2.12. The average Bonchev–Trinajstić information content (AvgIpc) is 2.83. The first-order valence-corrected chi connectivity index (χ1v) is 7.64. The van der Waals surface area contributed by atoms with Crippen molar-refractivity contribution in [2.45, 2.75) is 6.92 Å². The molecule has 3 N–H and O–H groups in total. The van der Waals surface area contributed by atoms with Gasteiger partial charge in [-0.05, 0) is 36.2 Å². The zero-order valence-electron chi connectivity index (χ0n) is 12.2. The maximum atomic E-state index is 12.9. The van der Waals surface area contributed by atoms with E-state index in [0.717, 1.165) is 28.2 Å². The second kappa shape index (κ2) is 5.81.